The largest absolute Gasteiger partial charge is 0.494 e. The summed E-state index contributed by atoms with van der Waals surface area (Å²) >= 11 is 1.82. The zero-order valence-corrected chi connectivity index (χ0v) is 18.6. The second-order valence-corrected chi connectivity index (χ2v) is 9.28. The maximum atomic E-state index is 11.6. The molecule has 0 atom stereocenters. The average Bonchev–Trinajstić information content (AvgIpc) is 3.28. The second-order valence-electron chi connectivity index (χ2n) is 8.33. The molecule has 1 aromatic heterocycles. The van der Waals surface area contributed by atoms with Gasteiger partial charge in [-0.05, 0) is 72.3 Å². The highest BCUT2D eigenvalue weighted by Gasteiger charge is 2.18. The van der Waals surface area contributed by atoms with Crippen LogP contribution in [-0.2, 0) is 11.2 Å². The van der Waals surface area contributed by atoms with Gasteiger partial charge in [0.1, 0.15) is 5.75 Å². The molecule has 5 rings (SSSR count). The lowest BCUT2D eigenvalue weighted by Crippen LogP contribution is -2.46. The highest BCUT2D eigenvalue weighted by atomic mass is 32.1. The van der Waals surface area contributed by atoms with Gasteiger partial charge in [0.15, 0.2) is 5.78 Å². The fourth-order valence-electron chi connectivity index (χ4n) is 4.51. The number of anilines is 1. The van der Waals surface area contributed by atoms with Crippen molar-refractivity contribution in [1.29, 1.82) is 0 Å². The first kappa shape index (κ1) is 20.3. The molecule has 0 unspecified atom stereocenters. The van der Waals surface area contributed by atoms with E-state index >= 15 is 0 Å². The highest BCUT2D eigenvalue weighted by Crippen LogP contribution is 2.31. The monoisotopic (exact) mass is 432 g/mol. The van der Waals surface area contributed by atoms with E-state index in [1.807, 2.05) is 35.6 Å². The van der Waals surface area contributed by atoms with Crippen molar-refractivity contribution in [1.82, 2.24) is 4.90 Å². The number of ketones is 1. The highest BCUT2D eigenvalue weighted by molar-refractivity contribution is 7.17. The Labute approximate surface area is 187 Å². The van der Waals surface area contributed by atoms with E-state index in [-0.39, 0.29) is 5.78 Å². The van der Waals surface area contributed by atoms with Crippen molar-refractivity contribution in [3.05, 3.63) is 65.0 Å². The van der Waals surface area contributed by atoms with Crippen LogP contribution >= 0.6 is 11.3 Å². The maximum Gasteiger partial charge on any atom is 0.160 e. The third kappa shape index (κ3) is 4.68. The van der Waals surface area contributed by atoms with Crippen molar-refractivity contribution in [2.45, 2.75) is 19.3 Å². The minimum atomic E-state index is 0.164. The number of carbonyl (C=O) groups excluding carboxylic acids is 1. The summed E-state index contributed by atoms with van der Waals surface area (Å²) in [5, 5.41) is 3.58. The predicted molar refractivity (Wildman–Crippen MR) is 129 cm³/mol. The van der Waals surface area contributed by atoms with Crippen LogP contribution < -0.4 is 9.64 Å². The molecule has 0 N–H and O–H groups in total. The van der Waals surface area contributed by atoms with E-state index in [1.165, 1.54) is 15.8 Å². The summed E-state index contributed by atoms with van der Waals surface area (Å²) in [5.41, 5.74) is 3.58. The number of hydrogen-bond donors (Lipinski definition) is 0. The zero-order valence-electron chi connectivity index (χ0n) is 17.8. The first-order valence-corrected chi connectivity index (χ1v) is 12.0. The average molecular weight is 433 g/mol. The number of benzene rings is 2. The normalized spacial score (nSPS) is 16.6. The molecule has 2 aromatic carbocycles. The number of fused-ring (bicyclic) bond motifs is 2. The van der Waals surface area contributed by atoms with Gasteiger partial charge in [0.25, 0.3) is 0 Å². The molecule has 0 amide bonds. The van der Waals surface area contributed by atoms with E-state index in [2.05, 4.69) is 39.4 Å². The smallest absolute Gasteiger partial charge is 0.160 e. The van der Waals surface area contributed by atoms with E-state index in [4.69, 9.17) is 4.74 Å². The lowest BCUT2D eigenvalue weighted by Gasteiger charge is -2.36. The van der Waals surface area contributed by atoms with Crippen LogP contribution in [0.25, 0.3) is 16.2 Å². The Morgan fingerprint density at radius 2 is 1.87 bits per heavy atom. The molecule has 2 heterocycles. The van der Waals surface area contributed by atoms with Crippen molar-refractivity contribution in [3.63, 3.8) is 0 Å². The van der Waals surface area contributed by atoms with Crippen LogP contribution in [0.2, 0.25) is 0 Å². The lowest BCUT2D eigenvalue weighted by molar-refractivity contribution is -0.114. The molecule has 0 bridgehead atoms. The summed E-state index contributed by atoms with van der Waals surface area (Å²) in [6.07, 6.45) is 6.23. The third-order valence-corrected chi connectivity index (χ3v) is 7.13. The Hall–Kier alpha value is -2.63. The molecule has 160 valence electrons. The molecule has 3 aromatic rings. The molecule has 31 heavy (non-hydrogen) atoms. The van der Waals surface area contributed by atoms with Gasteiger partial charge < -0.3 is 9.64 Å². The zero-order chi connectivity index (χ0) is 21.0. The van der Waals surface area contributed by atoms with Crippen molar-refractivity contribution in [3.8, 4) is 5.75 Å². The number of hydrogen-bond acceptors (Lipinski definition) is 5. The van der Waals surface area contributed by atoms with Crippen LogP contribution in [0, 0.1) is 0 Å². The van der Waals surface area contributed by atoms with Crippen LogP contribution in [0.5, 0.6) is 5.75 Å². The first-order chi connectivity index (χ1) is 15.3. The maximum absolute atomic E-state index is 11.6. The van der Waals surface area contributed by atoms with Gasteiger partial charge in [-0.1, -0.05) is 18.2 Å². The number of carbonyl (C=O) groups is 1. The van der Waals surface area contributed by atoms with E-state index in [1.54, 1.807) is 6.08 Å². The van der Waals surface area contributed by atoms with Gasteiger partial charge in [0, 0.05) is 48.4 Å². The van der Waals surface area contributed by atoms with Gasteiger partial charge in [0.05, 0.1) is 6.61 Å². The summed E-state index contributed by atoms with van der Waals surface area (Å²) in [4.78, 5) is 16.7. The fourth-order valence-corrected chi connectivity index (χ4v) is 5.32. The van der Waals surface area contributed by atoms with Gasteiger partial charge in [0.2, 0.25) is 0 Å². The SMILES string of the molecule is O=C1C=Cc2ccc(OCCCCN3CCN(c4cccc5sccc45)CC3)cc2C1. The number of nitrogens with zero attached hydrogens (tertiary/aromatic N) is 2. The van der Waals surface area contributed by atoms with Crippen molar-refractivity contribution < 1.29 is 9.53 Å². The molecular weight excluding hydrogens is 404 g/mol. The summed E-state index contributed by atoms with van der Waals surface area (Å²) in [7, 11) is 0. The Morgan fingerprint density at radius 1 is 0.968 bits per heavy atom. The molecule has 2 aliphatic rings. The van der Waals surface area contributed by atoms with E-state index in [0.717, 1.165) is 69.0 Å². The Morgan fingerprint density at radius 3 is 2.77 bits per heavy atom. The van der Waals surface area contributed by atoms with Gasteiger partial charge >= 0.3 is 0 Å². The van der Waals surface area contributed by atoms with Crippen LogP contribution in [0.4, 0.5) is 5.69 Å². The topological polar surface area (TPSA) is 32.8 Å². The Bertz CT molecular complexity index is 1100. The van der Waals surface area contributed by atoms with Crippen LogP contribution in [0.15, 0.2) is 53.9 Å². The molecule has 4 nitrogen and oxygen atoms in total. The standard InChI is InChI=1S/C26H28N2O2S/c29-22-8-6-20-7-9-23(19-21(20)18-22)30-16-2-1-11-27-12-14-28(15-13-27)25-4-3-5-26-24(25)10-17-31-26/h3-10,17,19H,1-2,11-16,18H2. The quantitative estimate of drug-likeness (QED) is 0.491. The third-order valence-electron chi connectivity index (χ3n) is 6.25. The number of ether oxygens (including phenoxy) is 1. The summed E-state index contributed by atoms with van der Waals surface area (Å²) in [5.74, 6) is 1.04. The van der Waals surface area contributed by atoms with Crippen molar-refractivity contribution in [2.24, 2.45) is 0 Å². The van der Waals surface area contributed by atoms with E-state index < -0.39 is 0 Å². The van der Waals surface area contributed by atoms with Crippen molar-refractivity contribution >= 4 is 39.0 Å². The van der Waals surface area contributed by atoms with Gasteiger partial charge in [-0.15, -0.1) is 11.3 Å². The lowest BCUT2D eigenvalue weighted by atomic mass is 9.96. The molecule has 5 heteroatoms. The van der Waals surface area contributed by atoms with Gasteiger partial charge in [-0.2, -0.15) is 0 Å². The van der Waals surface area contributed by atoms with E-state index in [0.29, 0.717) is 6.42 Å². The minimum Gasteiger partial charge on any atom is -0.494 e. The predicted octanol–water partition coefficient (Wildman–Crippen LogP) is 5.02. The van der Waals surface area contributed by atoms with Gasteiger partial charge in [-0.25, -0.2) is 0 Å². The number of rotatable bonds is 7. The van der Waals surface area contributed by atoms with Gasteiger partial charge in [-0.3, -0.25) is 9.69 Å². The summed E-state index contributed by atoms with van der Waals surface area (Å²) in [6.45, 7) is 6.27. The van der Waals surface area contributed by atoms with Crippen LogP contribution in [0.1, 0.15) is 24.0 Å². The fraction of sp³-hybridized carbons (Fsp3) is 0.346. The molecular formula is C26H28N2O2S. The molecule has 1 aliphatic heterocycles. The Balaban J connectivity index is 1.04. The summed E-state index contributed by atoms with van der Waals surface area (Å²) in [6, 6.07) is 15.0. The second kappa shape index (κ2) is 9.25. The molecule has 0 radical (unpaired) electrons. The molecule has 0 saturated carbocycles. The van der Waals surface area contributed by atoms with Crippen LogP contribution in [-0.4, -0.2) is 50.0 Å². The first-order valence-electron chi connectivity index (χ1n) is 11.2. The van der Waals surface area contributed by atoms with Crippen LogP contribution in [0.3, 0.4) is 0 Å². The number of piperazine rings is 1. The number of thiophene rings is 1. The van der Waals surface area contributed by atoms with E-state index in [9.17, 15) is 4.79 Å². The number of unbranched alkanes of at least 4 members (excludes halogenated alkanes) is 1. The molecule has 1 saturated heterocycles. The Kier molecular flexibility index (Phi) is 6.05. The minimum absolute atomic E-state index is 0.164. The molecule has 1 aliphatic carbocycles. The summed E-state index contributed by atoms with van der Waals surface area (Å²) < 4.78 is 7.32. The van der Waals surface area contributed by atoms with Crippen molar-refractivity contribution in [2.75, 3.05) is 44.2 Å². The molecule has 1 fully saturated rings. The number of allylic oxidation sites excluding steroid dienone is 1. The molecule has 0 spiro atoms.